The molecule has 264 valence electrons. The highest BCUT2D eigenvalue weighted by Gasteiger charge is 2.52. The second kappa shape index (κ2) is 10.4. The van der Waals surface area contributed by atoms with Crippen LogP contribution < -0.4 is 20.6 Å². The van der Waals surface area contributed by atoms with E-state index in [-0.39, 0.29) is 28.4 Å². The first-order valence-electron chi connectivity index (χ1n) is 19.6. The van der Waals surface area contributed by atoms with Crippen LogP contribution in [0.5, 0.6) is 0 Å². The Bertz CT molecular complexity index is 2660. The zero-order valence-corrected chi connectivity index (χ0v) is 33.9. The number of aromatic nitrogens is 1. The summed E-state index contributed by atoms with van der Waals surface area (Å²) in [6.45, 7) is 20.3. The maximum absolute atomic E-state index is 2.82. The summed E-state index contributed by atoms with van der Waals surface area (Å²) in [5, 5.41) is 5.17. The number of rotatable bonds is 2. The van der Waals surface area contributed by atoms with Gasteiger partial charge in [-0.05, 0) is 99.3 Å². The molecule has 5 heterocycles. The van der Waals surface area contributed by atoms with Crippen molar-refractivity contribution < 1.29 is 0 Å². The van der Waals surface area contributed by atoms with Crippen LogP contribution in [0.15, 0.2) is 90.3 Å². The van der Waals surface area contributed by atoms with E-state index in [4.69, 9.17) is 0 Å². The van der Waals surface area contributed by atoms with E-state index in [0.29, 0.717) is 0 Å². The van der Waals surface area contributed by atoms with Crippen molar-refractivity contribution in [3.05, 3.63) is 111 Å². The SMILES string of the molecule is CC1(C)CCC(C)(C)c2c(N3c4cc(-n5c6ccccc6c6ccccc65)cc5c4B(c4ccccc4-5)c4sc5c(c43)C(C)(C)CCC5(C)C)csc21. The van der Waals surface area contributed by atoms with Gasteiger partial charge in [-0.2, -0.15) is 11.3 Å². The van der Waals surface area contributed by atoms with Gasteiger partial charge in [0.15, 0.2) is 0 Å². The molecule has 0 unspecified atom stereocenters. The number of anilines is 3. The third-order valence-electron chi connectivity index (χ3n) is 13.8. The lowest BCUT2D eigenvalue weighted by molar-refractivity contribution is 0.338. The van der Waals surface area contributed by atoms with Gasteiger partial charge in [-0.25, -0.2) is 0 Å². The van der Waals surface area contributed by atoms with Crippen LogP contribution in [0.25, 0.3) is 38.6 Å². The molecule has 53 heavy (non-hydrogen) atoms. The molecule has 2 aliphatic carbocycles. The fourth-order valence-electron chi connectivity index (χ4n) is 10.8. The first-order chi connectivity index (χ1) is 25.3. The first-order valence-corrected chi connectivity index (χ1v) is 21.3. The van der Waals surface area contributed by atoms with Crippen LogP contribution in [0.2, 0.25) is 0 Å². The van der Waals surface area contributed by atoms with Crippen molar-refractivity contribution in [1.82, 2.24) is 4.57 Å². The predicted octanol–water partition coefficient (Wildman–Crippen LogP) is 11.9. The first kappa shape index (κ1) is 32.4. The van der Waals surface area contributed by atoms with Gasteiger partial charge in [0.05, 0.1) is 22.4 Å². The van der Waals surface area contributed by atoms with Crippen LogP contribution in [0.4, 0.5) is 17.1 Å². The van der Waals surface area contributed by atoms with Crippen LogP contribution in [-0.2, 0) is 21.7 Å². The van der Waals surface area contributed by atoms with E-state index in [9.17, 15) is 0 Å². The van der Waals surface area contributed by atoms with E-state index in [1.807, 2.05) is 11.3 Å². The van der Waals surface area contributed by atoms with Crippen molar-refractivity contribution in [2.24, 2.45) is 0 Å². The molecule has 2 aliphatic heterocycles. The van der Waals surface area contributed by atoms with Crippen LogP contribution >= 0.6 is 22.7 Å². The molecule has 0 saturated heterocycles. The van der Waals surface area contributed by atoms with Gasteiger partial charge in [0, 0.05) is 42.1 Å². The normalized spacial score (nSPS) is 19.5. The molecule has 0 N–H and O–H groups in total. The average Bonchev–Trinajstić information content (AvgIpc) is 3.91. The van der Waals surface area contributed by atoms with Gasteiger partial charge in [-0.15, -0.1) is 11.3 Å². The minimum absolute atomic E-state index is 0.0704. The summed E-state index contributed by atoms with van der Waals surface area (Å²) in [7, 11) is 0. The van der Waals surface area contributed by atoms with Crippen molar-refractivity contribution in [2.75, 3.05) is 4.90 Å². The van der Waals surface area contributed by atoms with Crippen LogP contribution in [0.1, 0.15) is 102 Å². The molecule has 4 aliphatic rings. The molecule has 0 fully saturated rings. The molecule has 4 aromatic carbocycles. The lowest BCUT2D eigenvalue weighted by atomic mass is 9.40. The molecule has 0 radical (unpaired) electrons. The number of fused-ring (bicyclic) bond motifs is 11. The number of para-hydroxylation sites is 2. The smallest absolute Gasteiger partial charge is 0.260 e. The Morgan fingerprint density at radius 2 is 1.17 bits per heavy atom. The zero-order valence-electron chi connectivity index (χ0n) is 32.3. The lowest BCUT2D eigenvalue weighted by Gasteiger charge is -2.44. The van der Waals surface area contributed by atoms with Gasteiger partial charge < -0.3 is 9.47 Å². The lowest BCUT2D eigenvalue weighted by Crippen LogP contribution is -2.54. The molecule has 0 spiro atoms. The number of nitrogens with zero attached hydrogens (tertiary/aromatic N) is 2. The van der Waals surface area contributed by atoms with Gasteiger partial charge >= 0.3 is 0 Å². The van der Waals surface area contributed by atoms with Crippen molar-refractivity contribution in [2.45, 2.75) is 103 Å². The standard InChI is InChI=1S/C48H47BN2S2/c1-45(2)21-23-47(5,6)42-38(45)37(27-52-42)51-36-26-28(50-34-19-13-10-16-30(34)31-17-11-14-20-35(31)50)25-32-29-15-9-12-18-33(29)49(40(32)36)44-41(51)39-43(53-44)48(7,8)24-22-46(39,3)4/h9-20,25-27H,21-24H2,1-8H3. The van der Waals surface area contributed by atoms with Crippen LogP contribution in [0, 0.1) is 0 Å². The summed E-state index contributed by atoms with van der Waals surface area (Å²) in [4.78, 5) is 6.01. The number of hydrogen-bond acceptors (Lipinski definition) is 3. The summed E-state index contributed by atoms with van der Waals surface area (Å²) >= 11 is 4.15. The Labute approximate surface area is 322 Å². The molecule has 5 heteroatoms. The highest BCUT2D eigenvalue weighted by atomic mass is 32.1. The third-order valence-corrected chi connectivity index (χ3v) is 16.8. The van der Waals surface area contributed by atoms with Crippen molar-refractivity contribution >= 4 is 84.0 Å². The Kier molecular flexibility index (Phi) is 6.34. The Hall–Kier alpha value is -4.06. The molecule has 3 aromatic heterocycles. The largest absolute Gasteiger partial charge is 0.309 e. The van der Waals surface area contributed by atoms with E-state index in [1.54, 1.807) is 25.7 Å². The van der Waals surface area contributed by atoms with E-state index in [0.717, 1.165) is 0 Å². The third kappa shape index (κ3) is 4.16. The fourth-order valence-corrected chi connectivity index (χ4v) is 13.9. The number of hydrogen-bond donors (Lipinski definition) is 0. The molecular formula is C48H47BN2S2. The molecule has 2 nitrogen and oxygen atoms in total. The summed E-state index contributed by atoms with van der Waals surface area (Å²) in [5.41, 5.74) is 17.4. The van der Waals surface area contributed by atoms with E-state index < -0.39 is 0 Å². The molecular weight excluding hydrogens is 679 g/mol. The number of thiophene rings is 2. The topological polar surface area (TPSA) is 8.17 Å². The Morgan fingerprint density at radius 1 is 0.585 bits per heavy atom. The second-order valence-electron chi connectivity index (χ2n) is 19.0. The van der Waals surface area contributed by atoms with Crippen molar-refractivity contribution in [3.63, 3.8) is 0 Å². The molecule has 0 bridgehead atoms. The average molecular weight is 727 g/mol. The minimum Gasteiger partial charge on any atom is -0.309 e. The molecule has 0 atom stereocenters. The molecule has 11 rings (SSSR count). The van der Waals surface area contributed by atoms with Crippen molar-refractivity contribution in [1.29, 1.82) is 0 Å². The number of benzene rings is 4. The van der Waals surface area contributed by atoms with Crippen LogP contribution in [-0.4, -0.2) is 11.3 Å². The van der Waals surface area contributed by atoms with Crippen molar-refractivity contribution in [3.8, 4) is 16.8 Å². The van der Waals surface area contributed by atoms with Gasteiger partial charge in [0.25, 0.3) is 6.71 Å². The highest BCUT2D eigenvalue weighted by Crippen LogP contribution is 2.60. The summed E-state index contributed by atoms with van der Waals surface area (Å²) in [6, 6.07) is 32.4. The van der Waals surface area contributed by atoms with Gasteiger partial charge in [0.2, 0.25) is 0 Å². The highest BCUT2D eigenvalue weighted by molar-refractivity contribution is 7.29. The summed E-state index contributed by atoms with van der Waals surface area (Å²) in [5.74, 6) is 0. The monoisotopic (exact) mass is 726 g/mol. The van der Waals surface area contributed by atoms with Gasteiger partial charge in [-0.1, -0.05) is 122 Å². The Morgan fingerprint density at radius 3 is 1.87 bits per heavy atom. The maximum Gasteiger partial charge on any atom is 0.260 e. The molecule has 0 amide bonds. The zero-order chi connectivity index (χ0) is 36.4. The van der Waals surface area contributed by atoms with Gasteiger partial charge in [-0.3, -0.25) is 0 Å². The predicted molar refractivity (Wildman–Crippen MR) is 232 cm³/mol. The second-order valence-corrected chi connectivity index (χ2v) is 21.0. The van der Waals surface area contributed by atoms with Crippen LogP contribution in [0.3, 0.4) is 0 Å². The molecule has 0 saturated carbocycles. The maximum atomic E-state index is 2.82. The summed E-state index contributed by atoms with van der Waals surface area (Å²) in [6.07, 6.45) is 4.85. The van der Waals surface area contributed by atoms with E-state index >= 15 is 0 Å². The van der Waals surface area contributed by atoms with E-state index in [2.05, 4.69) is 167 Å². The minimum atomic E-state index is 0.0704. The molecule has 7 aromatic rings. The summed E-state index contributed by atoms with van der Waals surface area (Å²) < 4.78 is 4.09. The fraction of sp³-hybridized carbons (Fsp3) is 0.333. The Balaban J connectivity index is 1.31. The quantitative estimate of drug-likeness (QED) is 0.161. The van der Waals surface area contributed by atoms with E-state index in [1.165, 1.54) is 92.3 Å². The van der Waals surface area contributed by atoms with Gasteiger partial charge in [0.1, 0.15) is 0 Å².